The van der Waals surface area contributed by atoms with Gasteiger partial charge in [-0.2, -0.15) is 0 Å². The second kappa shape index (κ2) is 15.4. The normalized spacial score (nSPS) is 11.8. The summed E-state index contributed by atoms with van der Waals surface area (Å²) in [5.41, 5.74) is 10.7. The van der Waals surface area contributed by atoms with Gasteiger partial charge in [-0.15, -0.1) is 11.3 Å². The zero-order chi connectivity index (χ0) is 44.7. The van der Waals surface area contributed by atoms with E-state index in [1.165, 1.54) is 47.1 Å². The summed E-state index contributed by atoms with van der Waals surface area (Å²) in [4.78, 5) is 16.2. The van der Waals surface area contributed by atoms with E-state index in [1.54, 1.807) is 11.3 Å². The fraction of sp³-hybridized carbons (Fsp3) is 0. The van der Waals surface area contributed by atoms with Crippen molar-refractivity contribution >= 4 is 85.6 Å². The van der Waals surface area contributed by atoms with Gasteiger partial charge in [0.1, 0.15) is 0 Å². The highest BCUT2D eigenvalue weighted by molar-refractivity contribution is 7.25. The van der Waals surface area contributed by atoms with Crippen molar-refractivity contribution in [2.45, 2.75) is 0 Å². The molecule has 4 nitrogen and oxygen atoms in total. The minimum Gasteiger partial charge on any atom is -0.308 e. The molecule has 14 aromatic rings. The highest BCUT2D eigenvalue weighted by Gasteiger charge is 2.25. The van der Waals surface area contributed by atoms with Gasteiger partial charge in [-0.1, -0.05) is 188 Å². The van der Waals surface area contributed by atoms with E-state index in [4.69, 9.17) is 15.0 Å². The van der Waals surface area contributed by atoms with Gasteiger partial charge < -0.3 is 4.57 Å². The van der Waals surface area contributed by atoms with Gasteiger partial charge in [0.05, 0.1) is 16.7 Å². The SMILES string of the molecule is c1ccc(-c2cccc(-c3cc(-c4nc(-c5ccccc5)nc(-c5cccc6sc7ccccc7c56)n4)c4ccccc4c3-n3c4cc5ccccc5cc4c4c5ccccc5ccc43)c2)cc1. The van der Waals surface area contributed by atoms with E-state index in [9.17, 15) is 0 Å². The predicted octanol–water partition coefficient (Wildman–Crippen LogP) is 17.1. The first kappa shape index (κ1) is 38.5. The first-order chi connectivity index (χ1) is 33.7. The van der Waals surface area contributed by atoms with Gasteiger partial charge in [0.15, 0.2) is 17.5 Å². The minimum absolute atomic E-state index is 0.618. The lowest BCUT2D eigenvalue weighted by atomic mass is 9.91. The Hall–Kier alpha value is -8.77. The van der Waals surface area contributed by atoms with E-state index in [2.05, 4.69) is 217 Å². The van der Waals surface area contributed by atoms with Crippen molar-refractivity contribution in [1.29, 1.82) is 0 Å². The van der Waals surface area contributed by atoms with Crippen molar-refractivity contribution in [1.82, 2.24) is 19.5 Å². The number of thiophene rings is 1. The van der Waals surface area contributed by atoms with E-state index in [0.717, 1.165) is 71.8 Å². The van der Waals surface area contributed by atoms with E-state index in [1.807, 2.05) is 18.2 Å². The molecular formula is C63H38N4S. The van der Waals surface area contributed by atoms with Crippen LogP contribution in [0.3, 0.4) is 0 Å². The number of benzene rings is 11. The second-order valence-corrected chi connectivity index (χ2v) is 18.6. The van der Waals surface area contributed by atoms with Crippen LogP contribution in [0.2, 0.25) is 0 Å². The van der Waals surface area contributed by atoms with Crippen molar-refractivity contribution in [3.63, 3.8) is 0 Å². The smallest absolute Gasteiger partial charge is 0.164 e. The lowest BCUT2D eigenvalue weighted by Crippen LogP contribution is -2.04. The molecule has 0 spiro atoms. The third kappa shape index (κ3) is 6.10. The van der Waals surface area contributed by atoms with Gasteiger partial charge in [0.2, 0.25) is 0 Å². The van der Waals surface area contributed by atoms with Crippen LogP contribution in [0.5, 0.6) is 0 Å². The molecule has 14 rings (SSSR count). The van der Waals surface area contributed by atoms with E-state index in [0.29, 0.717) is 17.5 Å². The third-order valence-electron chi connectivity index (χ3n) is 13.6. The molecule has 68 heavy (non-hydrogen) atoms. The average Bonchev–Trinajstić information content (AvgIpc) is 3.95. The van der Waals surface area contributed by atoms with Crippen molar-refractivity contribution in [2.75, 3.05) is 0 Å². The number of hydrogen-bond donors (Lipinski definition) is 0. The molecule has 5 heteroatoms. The van der Waals surface area contributed by atoms with Gasteiger partial charge in [-0.05, 0) is 86.1 Å². The standard InChI is InChI=1S/C63H38N4S/c1-3-17-39(18-4-1)42-24-15-25-45(35-42)51-38-52(63-65-61(41-20-5-2-6-21-41)64-62(66-63)50-30-16-32-57-59(50)49-29-13-14-31-56(49)68-57)47-27-11-12-28-48(47)60(51)67-54-34-33-40-19-9-10-26-46(40)58(54)53-36-43-22-7-8-23-44(43)37-55(53)67/h1-38H. The van der Waals surface area contributed by atoms with Crippen LogP contribution >= 0.6 is 11.3 Å². The molecule has 11 aromatic carbocycles. The molecule has 0 saturated heterocycles. The van der Waals surface area contributed by atoms with Crippen molar-refractivity contribution in [3.05, 3.63) is 231 Å². The third-order valence-corrected chi connectivity index (χ3v) is 14.7. The molecule has 0 aliphatic heterocycles. The topological polar surface area (TPSA) is 43.6 Å². The summed E-state index contributed by atoms with van der Waals surface area (Å²) in [7, 11) is 0. The number of rotatable bonds is 6. The molecular weight excluding hydrogens is 845 g/mol. The Morgan fingerprint density at radius 1 is 0.294 bits per heavy atom. The van der Waals surface area contributed by atoms with Gasteiger partial charge in [-0.25, -0.2) is 15.0 Å². The van der Waals surface area contributed by atoms with Crippen LogP contribution in [-0.4, -0.2) is 19.5 Å². The van der Waals surface area contributed by atoms with Crippen LogP contribution in [-0.2, 0) is 0 Å². The van der Waals surface area contributed by atoms with E-state index in [-0.39, 0.29) is 0 Å². The number of fused-ring (bicyclic) bond motifs is 10. The van der Waals surface area contributed by atoms with Crippen molar-refractivity contribution < 1.29 is 0 Å². The number of nitrogens with zero attached hydrogens (tertiary/aromatic N) is 4. The predicted molar refractivity (Wildman–Crippen MR) is 287 cm³/mol. The zero-order valence-electron chi connectivity index (χ0n) is 36.6. The Labute approximate surface area is 395 Å². The van der Waals surface area contributed by atoms with Crippen LogP contribution in [0.4, 0.5) is 0 Å². The van der Waals surface area contributed by atoms with Gasteiger partial charge in [0, 0.05) is 58.6 Å². The largest absolute Gasteiger partial charge is 0.308 e. The molecule has 0 aliphatic carbocycles. The summed E-state index contributed by atoms with van der Waals surface area (Å²) in [5.74, 6) is 1.89. The molecule has 0 atom stereocenters. The molecule has 3 heterocycles. The molecule has 0 saturated carbocycles. The van der Waals surface area contributed by atoms with Gasteiger partial charge in [0.25, 0.3) is 0 Å². The van der Waals surface area contributed by atoms with Crippen LogP contribution < -0.4 is 0 Å². The molecule has 0 unspecified atom stereocenters. The molecule has 316 valence electrons. The highest BCUT2D eigenvalue weighted by atomic mass is 32.1. The second-order valence-electron chi connectivity index (χ2n) is 17.5. The molecule has 0 aliphatic rings. The maximum atomic E-state index is 5.52. The van der Waals surface area contributed by atoms with Crippen LogP contribution in [0, 0.1) is 0 Å². The Balaban J connectivity index is 1.12. The molecule has 0 fully saturated rings. The first-order valence-corrected chi connectivity index (χ1v) is 23.8. The Kier molecular flexibility index (Phi) is 8.73. The summed E-state index contributed by atoms with van der Waals surface area (Å²) >= 11 is 1.80. The molecule has 0 radical (unpaired) electrons. The molecule has 0 amide bonds. The van der Waals surface area contributed by atoms with Crippen LogP contribution in [0.1, 0.15) is 0 Å². The number of hydrogen-bond acceptors (Lipinski definition) is 4. The maximum absolute atomic E-state index is 5.52. The number of aromatic nitrogens is 4. The summed E-state index contributed by atoms with van der Waals surface area (Å²) < 4.78 is 4.97. The first-order valence-electron chi connectivity index (χ1n) is 23.0. The average molecular weight is 883 g/mol. The Morgan fingerprint density at radius 3 is 1.69 bits per heavy atom. The minimum atomic E-state index is 0.618. The molecule has 0 bridgehead atoms. The van der Waals surface area contributed by atoms with Gasteiger partial charge in [-0.3, -0.25) is 0 Å². The molecule has 0 N–H and O–H groups in total. The van der Waals surface area contributed by atoms with Crippen molar-refractivity contribution in [2.24, 2.45) is 0 Å². The highest BCUT2D eigenvalue weighted by Crippen LogP contribution is 2.47. The van der Waals surface area contributed by atoms with E-state index < -0.39 is 0 Å². The zero-order valence-corrected chi connectivity index (χ0v) is 37.5. The summed E-state index contributed by atoms with van der Waals surface area (Å²) in [6.07, 6.45) is 0. The summed E-state index contributed by atoms with van der Waals surface area (Å²) in [5, 5.41) is 11.8. The maximum Gasteiger partial charge on any atom is 0.164 e. The van der Waals surface area contributed by atoms with Crippen LogP contribution in [0.25, 0.3) is 136 Å². The Morgan fingerprint density at radius 2 is 0.882 bits per heavy atom. The lowest BCUT2D eigenvalue weighted by Gasteiger charge is -2.20. The van der Waals surface area contributed by atoms with Crippen LogP contribution in [0.15, 0.2) is 231 Å². The summed E-state index contributed by atoms with van der Waals surface area (Å²) in [6, 6.07) is 83.0. The quantitative estimate of drug-likeness (QED) is 0.167. The van der Waals surface area contributed by atoms with Gasteiger partial charge >= 0.3 is 0 Å². The summed E-state index contributed by atoms with van der Waals surface area (Å²) in [6.45, 7) is 0. The lowest BCUT2D eigenvalue weighted by molar-refractivity contribution is 1.08. The van der Waals surface area contributed by atoms with Crippen molar-refractivity contribution in [3.8, 4) is 62.1 Å². The Bertz CT molecular complexity index is 4320. The fourth-order valence-electron chi connectivity index (χ4n) is 10.5. The molecule has 3 aromatic heterocycles. The van der Waals surface area contributed by atoms with E-state index >= 15 is 0 Å². The fourth-order valence-corrected chi connectivity index (χ4v) is 11.6. The monoisotopic (exact) mass is 882 g/mol.